The molecule has 10 heteroatoms. The number of benzene rings is 1. The second kappa shape index (κ2) is 8.14. The summed E-state index contributed by atoms with van der Waals surface area (Å²) < 4.78 is 32.2. The lowest BCUT2D eigenvalue weighted by molar-refractivity contribution is -0.0494. The molecule has 2 aromatic heterocycles. The van der Waals surface area contributed by atoms with Gasteiger partial charge in [0.25, 0.3) is 11.8 Å². The van der Waals surface area contributed by atoms with Crippen molar-refractivity contribution in [1.29, 1.82) is 0 Å². The van der Waals surface area contributed by atoms with Crippen LogP contribution in [0.25, 0.3) is 22.2 Å². The van der Waals surface area contributed by atoms with E-state index in [1.54, 1.807) is 30.3 Å². The summed E-state index contributed by atoms with van der Waals surface area (Å²) in [6.07, 6.45) is -0.418. The maximum atomic E-state index is 13.3. The van der Waals surface area contributed by atoms with Gasteiger partial charge < -0.3 is 19.7 Å². The zero-order chi connectivity index (χ0) is 22.2. The van der Waals surface area contributed by atoms with Crippen molar-refractivity contribution >= 4 is 34.6 Å². The van der Waals surface area contributed by atoms with Crippen molar-refractivity contribution in [3.8, 4) is 11.3 Å². The van der Waals surface area contributed by atoms with Crippen LogP contribution in [-0.4, -0.2) is 46.0 Å². The molecule has 1 aliphatic rings. The van der Waals surface area contributed by atoms with Gasteiger partial charge >= 0.3 is 6.09 Å². The quantitative estimate of drug-likeness (QED) is 0.597. The number of fused-ring (bicyclic) bond motifs is 1. The second-order valence-corrected chi connectivity index (χ2v) is 7.74. The van der Waals surface area contributed by atoms with Crippen molar-refractivity contribution in [3.63, 3.8) is 0 Å². The van der Waals surface area contributed by atoms with E-state index in [1.807, 2.05) is 0 Å². The van der Waals surface area contributed by atoms with Crippen molar-refractivity contribution in [3.05, 3.63) is 52.9 Å². The highest BCUT2D eigenvalue weighted by molar-refractivity contribution is 6.35. The van der Waals surface area contributed by atoms with Crippen LogP contribution in [0.4, 0.5) is 13.6 Å². The minimum Gasteiger partial charge on any atom is -0.465 e. The highest BCUT2D eigenvalue weighted by atomic mass is 35.5. The number of likely N-dealkylation sites (tertiary alicyclic amines) is 1. The number of carbonyl (C=O) groups excluding carboxylic acids is 1. The zero-order valence-corrected chi connectivity index (χ0v) is 17.0. The Bertz CT molecular complexity index is 1140. The molecule has 31 heavy (non-hydrogen) atoms. The van der Waals surface area contributed by atoms with Gasteiger partial charge in [0.15, 0.2) is 5.58 Å². The summed E-state index contributed by atoms with van der Waals surface area (Å²) in [6, 6.07) is 8.41. The molecule has 3 aromatic rings. The number of alkyl halides is 2. The molecule has 1 aliphatic heterocycles. The van der Waals surface area contributed by atoms with Crippen LogP contribution in [0.2, 0.25) is 5.02 Å². The number of piperidine rings is 1. The molecular formula is C21H18ClF2N3O4. The van der Waals surface area contributed by atoms with Gasteiger partial charge in [0.2, 0.25) is 0 Å². The Kier molecular flexibility index (Phi) is 5.53. The highest BCUT2D eigenvalue weighted by Gasteiger charge is 2.35. The zero-order valence-electron chi connectivity index (χ0n) is 16.2. The number of amides is 2. The summed E-state index contributed by atoms with van der Waals surface area (Å²) in [4.78, 5) is 29.0. The van der Waals surface area contributed by atoms with Crippen molar-refractivity contribution < 1.29 is 27.9 Å². The summed E-state index contributed by atoms with van der Waals surface area (Å²) in [7, 11) is 0. The van der Waals surface area contributed by atoms with E-state index in [1.165, 1.54) is 11.1 Å². The summed E-state index contributed by atoms with van der Waals surface area (Å²) in [6.45, 7) is 0.0337. The van der Waals surface area contributed by atoms with Gasteiger partial charge in [-0.3, -0.25) is 9.78 Å². The fourth-order valence-electron chi connectivity index (χ4n) is 3.47. The summed E-state index contributed by atoms with van der Waals surface area (Å²) in [5.41, 5.74) is 2.01. The number of aromatic nitrogens is 1. The third-order valence-electron chi connectivity index (χ3n) is 5.12. The van der Waals surface area contributed by atoms with E-state index in [-0.39, 0.29) is 38.4 Å². The molecule has 1 fully saturated rings. The van der Waals surface area contributed by atoms with Gasteiger partial charge in [-0.1, -0.05) is 11.6 Å². The molecule has 2 N–H and O–H groups in total. The first-order valence-corrected chi connectivity index (χ1v) is 9.92. The first-order valence-electron chi connectivity index (χ1n) is 9.54. The Balaban J connectivity index is 1.53. The van der Waals surface area contributed by atoms with Crippen molar-refractivity contribution in [2.45, 2.75) is 25.3 Å². The van der Waals surface area contributed by atoms with E-state index in [4.69, 9.17) is 21.1 Å². The molecule has 0 spiro atoms. The Morgan fingerprint density at radius 2 is 1.97 bits per heavy atom. The van der Waals surface area contributed by atoms with Gasteiger partial charge in [0, 0.05) is 43.1 Å². The molecule has 3 heterocycles. The first kappa shape index (κ1) is 21.0. The van der Waals surface area contributed by atoms with Gasteiger partial charge in [-0.05, 0) is 30.3 Å². The minimum absolute atomic E-state index is 0.00711. The molecule has 4 rings (SSSR count). The molecule has 0 saturated carbocycles. The van der Waals surface area contributed by atoms with Crippen molar-refractivity contribution in [2.75, 3.05) is 13.1 Å². The second-order valence-electron chi connectivity index (χ2n) is 7.33. The van der Waals surface area contributed by atoms with E-state index < -0.39 is 12.0 Å². The maximum absolute atomic E-state index is 13.3. The maximum Gasteiger partial charge on any atom is 0.405 e. The highest BCUT2D eigenvalue weighted by Crippen LogP contribution is 2.33. The molecular weight excluding hydrogens is 432 g/mol. The van der Waals surface area contributed by atoms with Crippen LogP contribution in [-0.2, 0) is 6.54 Å². The van der Waals surface area contributed by atoms with E-state index in [0.717, 1.165) is 0 Å². The lowest BCUT2D eigenvalue weighted by atomic mass is 10.1. The fourth-order valence-corrected chi connectivity index (χ4v) is 3.74. The lowest BCUT2D eigenvalue weighted by Gasteiger charge is -2.31. The van der Waals surface area contributed by atoms with Gasteiger partial charge in [-0.25, -0.2) is 13.6 Å². The average molecular weight is 450 g/mol. The number of carboxylic acid groups (broad SMARTS) is 1. The smallest absolute Gasteiger partial charge is 0.405 e. The molecule has 1 aromatic carbocycles. The van der Waals surface area contributed by atoms with Crippen molar-refractivity contribution in [2.24, 2.45) is 0 Å². The third kappa shape index (κ3) is 4.61. The topological polar surface area (TPSA) is 95.7 Å². The van der Waals surface area contributed by atoms with E-state index in [0.29, 0.717) is 38.6 Å². The molecule has 0 atom stereocenters. The number of hydrogen-bond donors (Lipinski definition) is 2. The minimum atomic E-state index is -2.71. The molecule has 2 amide bonds. The van der Waals surface area contributed by atoms with E-state index in [9.17, 15) is 18.4 Å². The molecule has 1 saturated heterocycles. The Labute approximate surface area is 180 Å². The number of pyridine rings is 1. The molecule has 0 bridgehead atoms. The van der Waals surface area contributed by atoms with E-state index in [2.05, 4.69) is 10.3 Å². The third-order valence-corrected chi connectivity index (χ3v) is 5.40. The monoisotopic (exact) mass is 449 g/mol. The summed E-state index contributed by atoms with van der Waals surface area (Å²) in [5, 5.41) is 12.0. The van der Waals surface area contributed by atoms with Crippen LogP contribution in [0.5, 0.6) is 0 Å². The number of furan rings is 1. The Morgan fingerprint density at radius 3 is 2.61 bits per heavy atom. The van der Waals surface area contributed by atoms with Crippen LogP contribution in [0, 0.1) is 0 Å². The number of hydrogen-bond acceptors (Lipinski definition) is 4. The number of halogens is 3. The van der Waals surface area contributed by atoms with Crippen LogP contribution in [0.1, 0.15) is 29.0 Å². The van der Waals surface area contributed by atoms with Crippen LogP contribution >= 0.6 is 11.6 Å². The number of nitrogens with zero attached hydrogens (tertiary/aromatic N) is 2. The van der Waals surface area contributed by atoms with Gasteiger partial charge in [-0.2, -0.15) is 0 Å². The molecule has 0 radical (unpaired) electrons. The number of nitrogens with one attached hydrogen (secondary N) is 1. The fraction of sp³-hybridized carbons (Fsp3) is 0.286. The van der Waals surface area contributed by atoms with Gasteiger partial charge in [0.05, 0.1) is 22.8 Å². The SMILES string of the molecule is O=C(O)NCc1cc2cc(-c3ccc(C(=O)N4CCC(F)(F)CC4)cn3)cc(Cl)c2o1. The normalized spacial score (nSPS) is 15.8. The largest absolute Gasteiger partial charge is 0.465 e. The predicted molar refractivity (Wildman–Crippen MR) is 109 cm³/mol. The Morgan fingerprint density at radius 1 is 1.23 bits per heavy atom. The average Bonchev–Trinajstić information content (AvgIpc) is 3.16. The first-order chi connectivity index (χ1) is 14.7. The van der Waals surface area contributed by atoms with Crippen LogP contribution < -0.4 is 5.32 Å². The molecule has 7 nitrogen and oxygen atoms in total. The summed E-state index contributed by atoms with van der Waals surface area (Å²) >= 11 is 6.31. The number of carbonyl (C=O) groups is 2. The molecule has 0 aliphatic carbocycles. The predicted octanol–water partition coefficient (Wildman–Crippen LogP) is 4.79. The van der Waals surface area contributed by atoms with Gasteiger partial charge in [0.1, 0.15) is 5.76 Å². The van der Waals surface area contributed by atoms with Crippen LogP contribution in [0.15, 0.2) is 40.9 Å². The van der Waals surface area contributed by atoms with Gasteiger partial charge in [-0.15, -0.1) is 0 Å². The van der Waals surface area contributed by atoms with Crippen molar-refractivity contribution in [1.82, 2.24) is 15.2 Å². The molecule has 0 unspecified atom stereocenters. The summed E-state index contributed by atoms with van der Waals surface area (Å²) in [5.74, 6) is -2.63. The van der Waals surface area contributed by atoms with E-state index >= 15 is 0 Å². The number of rotatable bonds is 4. The standard InChI is InChI=1S/C21H18ClF2N3O4/c22-16-9-13(7-14-8-15(31-18(14)16)11-26-20(29)30)17-2-1-12(10-25-17)19(28)27-5-3-21(23,24)4-6-27/h1-2,7-10,26H,3-6,11H2,(H,29,30). The van der Waals surface area contributed by atoms with Crippen LogP contribution in [0.3, 0.4) is 0 Å². The molecule has 162 valence electrons. The lowest BCUT2D eigenvalue weighted by Crippen LogP contribution is -2.42. The Hall–Kier alpha value is -3.20.